The van der Waals surface area contributed by atoms with E-state index >= 15 is 0 Å². The minimum Gasteiger partial charge on any atom is -0.424 e. The average Bonchev–Trinajstić information content (AvgIpc) is 3.03. The average molecular weight is 609 g/mol. The van der Waals surface area contributed by atoms with E-state index in [-0.39, 0.29) is 48.6 Å². The molecule has 14 heteroatoms. The molecule has 3 rings (SSSR count). The lowest BCUT2D eigenvalue weighted by atomic mass is 10.2. The number of carbonyl (C=O) groups excluding carboxylic acids is 3. The highest BCUT2D eigenvalue weighted by Crippen LogP contribution is 2.30. The molecule has 4 N–H and O–H groups in total. The number of nitrogens with one attached hydrogen (secondary N) is 2. The Morgan fingerprint density at radius 1 is 0.773 bits per heavy atom. The first-order valence-electron chi connectivity index (χ1n) is 13.8. The number of hydrogen-bond acceptors (Lipinski definition) is 12. The summed E-state index contributed by atoms with van der Waals surface area (Å²) in [7, 11) is 1.61. The van der Waals surface area contributed by atoms with Gasteiger partial charge in [0.15, 0.2) is 11.6 Å². The highest BCUT2D eigenvalue weighted by Gasteiger charge is 2.11. The van der Waals surface area contributed by atoms with E-state index in [0.29, 0.717) is 50.9 Å². The second-order valence-electron chi connectivity index (χ2n) is 8.92. The first-order valence-corrected chi connectivity index (χ1v) is 13.8. The van der Waals surface area contributed by atoms with Gasteiger partial charge in [0.2, 0.25) is 5.91 Å². The number of azo groups is 1. The van der Waals surface area contributed by atoms with Gasteiger partial charge in [-0.05, 0) is 36.4 Å². The zero-order valence-corrected chi connectivity index (χ0v) is 24.4. The highest BCUT2D eigenvalue weighted by molar-refractivity contribution is 5.99. The number of amides is 2. The zero-order valence-electron chi connectivity index (χ0n) is 24.4. The maximum Gasteiger partial charge on any atom is 0.313 e. The van der Waals surface area contributed by atoms with Crippen molar-refractivity contribution in [1.29, 1.82) is 0 Å². The Morgan fingerprint density at radius 3 is 2.11 bits per heavy atom. The van der Waals surface area contributed by atoms with E-state index in [1.807, 2.05) is 0 Å². The van der Waals surface area contributed by atoms with E-state index in [1.165, 1.54) is 12.1 Å². The number of esters is 1. The zero-order chi connectivity index (χ0) is 31.4. The summed E-state index contributed by atoms with van der Waals surface area (Å²) >= 11 is 0. The quantitative estimate of drug-likeness (QED) is 0.0788. The Bertz CT molecular complexity index is 1370. The predicted octanol–water partition coefficient (Wildman–Crippen LogP) is 3.44. The van der Waals surface area contributed by atoms with E-state index in [0.717, 1.165) is 0 Å². The van der Waals surface area contributed by atoms with Crippen LogP contribution in [0.5, 0.6) is 5.75 Å². The number of nitrogens with two attached hydrogens (primary N) is 1. The van der Waals surface area contributed by atoms with Crippen molar-refractivity contribution in [3.05, 3.63) is 72.3 Å². The minimum absolute atomic E-state index is 0.00842. The molecular weight excluding hydrogens is 572 g/mol. The third kappa shape index (κ3) is 12.6. The fraction of sp³-hybridized carbons (Fsp3) is 0.333. The maximum atomic E-state index is 12.3. The Hall–Kier alpha value is -4.76. The number of methoxy groups -OCH3 is 1. The maximum absolute atomic E-state index is 12.3. The molecule has 0 aliphatic carbocycles. The Kier molecular flexibility index (Phi) is 14.9. The van der Waals surface area contributed by atoms with Crippen LogP contribution in [0.15, 0.2) is 77.0 Å². The summed E-state index contributed by atoms with van der Waals surface area (Å²) in [4.78, 5) is 40.8. The van der Waals surface area contributed by atoms with E-state index < -0.39 is 11.9 Å². The molecule has 0 aliphatic heterocycles. The van der Waals surface area contributed by atoms with Gasteiger partial charge in [-0.25, -0.2) is 4.98 Å². The van der Waals surface area contributed by atoms with Crippen molar-refractivity contribution < 1.29 is 38.1 Å². The number of hydrogen-bond donors (Lipinski definition) is 3. The van der Waals surface area contributed by atoms with Gasteiger partial charge in [-0.1, -0.05) is 30.3 Å². The molecule has 14 nitrogen and oxygen atoms in total. The van der Waals surface area contributed by atoms with Crippen molar-refractivity contribution in [3.8, 4) is 5.75 Å². The summed E-state index contributed by atoms with van der Waals surface area (Å²) in [6.45, 7) is 2.59. The molecular formula is C30H36N6O8. The van der Waals surface area contributed by atoms with Gasteiger partial charge >= 0.3 is 5.97 Å². The number of anilines is 2. The number of benzene rings is 2. The standard InChI is InChI=1S/C30H36N6O8/c1-40-15-16-42-19-20-43-18-17-41-14-13-28(38)44-25-10-6-5-9-23(25)35-36-24-11-12-26(34-29(24)31)33-27(37)21-32-30(39)22-7-3-2-4-8-22/h2-12H,13-21H2,1H3,(H,32,39)(H3,31,33,34,37)/b36-35+. The first kappa shape index (κ1) is 33.7. The van der Waals surface area contributed by atoms with E-state index in [9.17, 15) is 14.4 Å². The number of pyridine rings is 1. The molecule has 2 amide bonds. The van der Waals surface area contributed by atoms with Crippen molar-refractivity contribution in [2.24, 2.45) is 10.2 Å². The molecule has 0 spiro atoms. The number of aromatic nitrogens is 1. The number of para-hydroxylation sites is 1. The lowest BCUT2D eigenvalue weighted by Gasteiger charge is -2.08. The summed E-state index contributed by atoms with van der Waals surface area (Å²) in [5.74, 6) is -0.956. The van der Waals surface area contributed by atoms with Crippen molar-refractivity contribution in [1.82, 2.24) is 10.3 Å². The van der Waals surface area contributed by atoms with Crippen molar-refractivity contribution in [2.45, 2.75) is 6.42 Å². The molecule has 1 aromatic heterocycles. The van der Waals surface area contributed by atoms with Crippen LogP contribution in [-0.2, 0) is 28.5 Å². The van der Waals surface area contributed by atoms with Crippen LogP contribution in [0.25, 0.3) is 0 Å². The molecule has 0 bridgehead atoms. The van der Waals surface area contributed by atoms with E-state index in [4.69, 9.17) is 29.4 Å². The topological polar surface area (TPSA) is 185 Å². The fourth-order valence-corrected chi connectivity index (χ4v) is 3.41. The molecule has 0 fully saturated rings. The van der Waals surface area contributed by atoms with Crippen LogP contribution in [0.2, 0.25) is 0 Å². The molecule has 0 atom stereocenters. The molecule has 0 aliphatic rings. The van der Waals surface area contributed by atoms with E-state index in [1.54, 1.807) is 61.7 Å². The van der Waals surface area contributed by atoms with Gasteiger partial charge in [0.05, 0.1) is 59.2 Å². The van der Waals surface area contributed by atoms with Gasteiger partial charge in [-0.2, -0.15) is 0 Å². The fourth-order valence-electron chi connectivity index (χ4n) is 3.41. The smallest absolute Gasteiger partial charge is 0.313 e. The predicted molar refractivity (Wildman–Crippen MR) is 161 cm³/mol. The molecule has 44 heavy (non-hydrogen) atoms. The van der Waals surface area contributed by atoms with Crippen molar-refractivity contribution in [3.63, 3.8) is 0 Å². The summed E-state index contributed by atoms with van der Waals surface area (Å²) < 4.78 is 26.4. The Morgan fingerprint density at radius 2 is 1.41 bits per heavy atom. The van der Waals surface area contributed by atoms with Crippen molar-refractivity contribution in [2.75, 3.05) is 71.0 Å². The first-order chi connectivity index (χ1) is 21.5. The second-order valence-corrected chi connectivity index (χ2v) is 8.92. The lowest BCUT2D eigenvalue weighted by molar-refractivity contribution is -0.135. The van der Waals surface area contributed by atoms with Crippen LogP contribution in [0.3, 0.4) is 0 Å². The molecule has 1 heterocycles. The third-order valence-electron chi connectivity index (χ3n) is 5.60. The second kappa shape index (κ2) is 19.4. The van der Waals surface area contributed by atoms with Gasteiger partial charge in [0.25, 0.3) is 5.91 Å². The molecule has 0 saturated heterocycles. The summed E-state index contributed by atoms with van der Waals surface area (Å²) in [6.07, 6.45) is 0.0333. The highest BCUT2D eigenvalue weighted by atomic mass is 16.6. The third-order valence-corrected chi connectivity index (χ3v) is 5.60. The lowest BCUT2D eigenvalue weighted by Crippen LogP contribution is -2.33. The molecule has 0 saturated carbocycles. The Balaban J connectivity index is 1.41. The molecule has 0 radical (unpaired) electrons. The number of nitrogen functional groups attached to an aromatic ring is 1. The number of nitrogens with zero attached hydrogens (tertiary/aromatic N) is 3. The number of carbonyl (C=O) groups is 3. The monoisotopic (exact) mass is 608 g/mol. The minimum atomic E-state index is -0.499. The normalized spacial score (nSPS) is 10.9. The molecule has 234 valence electrons. The largest absolute Gasteiger partial charge is 0.424 e. The van der Waals surface area contributed by atoms with Gasteiger partial charge < -0.3 is 40.1 Å². The van der Waals surface area contributed by atoms with Gasteiger partial charge in [-0.3, -0.25) is 14.4 Å². The van der Waals surface area contributed by atoms with Crippen LogP contribution < -0.4 is 21.1 Å². The number of rotatable bonds is 19. The summed E-state index contributed by atoms with van der Waals surface area (Å²) in [6, 6.07) is 18.2. The summed E-state index contributed by atoms with van der Waals surface area (Å²) in [5, 5.41) is 13.4. The number of ether oxygens (including phenoxy) is 5. The molecule has 3 aromatic rings. The van der Waals surface area contributed by atoms with E-state index in [2.05, 4.69) is 25.8 Å². The SMILES string of the molecule is COCCOCCOCCOCCC(=O)Oc1ccccc1/N=N/c1ccc(NC(=O)CNC(=O)c2ccccc2)nc1N. The van der Waals surface area contributed by atoms with Crippen LogP contribution >= 0.6 is 0 Å². The van der Waals surface area contributed by atoms with Crippen molar-refractivity contribution >= 4 is 40.8 Å². The van der Waals surface area contributed by atoms with Crippen LogP contribution in [0.1, 0.15) is 16.8 Å². The van der Waals surface area contributed by atoms with Gasteiger partial charge in [-0.15, -0.1) is 10.2 Å². The van der Waals surface area contributed by atoms with Crippen LogP contribution in [-0.4, -0.2) is 82.7 Å². The van der Waals surface area contributed by atoms with Gasteiger partial charge in [0.1, 0.15) is 17.2 Å². The van der Waals surface area contributed by atoms with Crippen LogP contribution in [0.4, 0.5) is 23.0 Å². The molecule has 2 aromatic carbocycles. The summed E-state index contributed by atoms with van der Waals surface area (Å²) in [5.41, 5.74) is 6.98. The van der Waals surface area contributed by atoms with Crippen LogP contribution in [0, 0.1) is 0 Å². The van der Waals surface area contributed by atoms with Gasteiger partial charge in [0, 0.05) is 12.7 Å². The molecule has 0 unspecified atom stereocenters. The Labute approximate surface area is 254 Å².